The van der Waals surface area contributed by atoms with Crippen LogP contribution in [0.4, 0.5) is 0 Å². The number of rotatable bonds is 3. The SMILES string of the molecule is O=c1ccnc(SCC2(O)CCCCC2)[nH]1. The monoisotopic (exact) mass is 240 g/mol. The Kier molecular flexibility index (Phi) is 3.66. The lowest BCUT2D eigenvalue weighted by Gasteiger charge is -2.31. The molecule has 2 N–H and O–H groups in total. The van der Waals surface area contributed by atoms with Crippen LogP contribution in [-0.2, 0) is 0 Å². The lowest BCUT2D eigenvalue weighted by molar-refractivity contribution is 0.0272. The van der Waals surface area contributed by atoms with Crippen molar-refractivity contribution in [2.45, 2.75) is 42.9 Å². The van der Waals surface area contributed by atoms with Gasteiger partial charge in [-0.05, 0) is 12.8 Å². The van der Waals surface area contributed by atoms with Crippen LogP contribution in [0.2, 0.25) is 0 Å². The maximum Gasteiger partial charge on any atom is 0.251 e. The molecule has 0 amide bonds. The van der Waals surface area contributed by atoms with Crippen LogP contribution in [0.3, 0.4) is 0 Å². The Morgan fingerprint density at radius 1 is 1.44 bits per heavy atom. The second-order valence-corrected chi connectivity index (χ2v) is 5.28. The summed E-state index contributed by atoms with van der Waals surface area (Å²) in [4.78, 5) is 17.8. The minimum Gasteiger partial charge on any atom is -0.389 e. The number of aliphatic hydroxyl groups is 1. The van der Waals surface area contributed by atoms with Gasteiger partial charge >= 0.3 is 0 Å². The average Bonchev–Trinajstić information content (AvgIpc) is 2.28. The second kappa shape index (κ2) is 5.01. The standard InChI is InChI=1S/C11H16N2O2S/c14-9-4-7-12-10(13-9)16-8-11(15)5-2-1-3-6-11/h4,7,15H,1-3,5-6,8H2,(H,12,13,14). The summed E-state index contributed by atoms with van der Waals surface area (Å²) in [5.41, 5.74) is -0.717. The van der Waals surface area contributed by atoms with Crippen molar-refractivity contribution in [1.82, 2.24) is 9.97 Å². The maximum absolute atomic E-state index is 11.0. The highest BCUT2D eigenvalue weighted by atomic mass is 32.2. The van der Waals surface area contributed by atoms with E-state index >= 15 is 0 Å². The van der Waals surface area contributed by atoms with E-state index in [1.165, 1.54) is 30.4 Å². The molecule has 1 heterocycles. The molecular weight excluding hydrogens is 224 g/mol. The Hall–Kier alpha value is -0.810. The van der Waals surface area contributed by atoms with Gasteiger partial charge in [0.25, 0.3) is 5.56 Å². The van der Waals surface area contributed by atoms with E-state index in [2.05, 4.69) is 9.97 Å². The zero-order valence-electron chi connectivity index (χ0n) is 9.11. The summed E-state index contributed by atoms with van der Waals surface area (Å²) in [5, 5.41) is 10.9. The minimum absolute atomic E-state index is 0.145. The van der Waals surface area contributed by atoms with Crippen LogP contribution in [0.5, 0.6) is 0 Å². The molecule has 1 aromatic rings. The van der Waals surface area contributed by atoms with Crippen LogP contribution >= 0.6 is 11.8 Å². The third-order valence-corrected chi connectivity index (χ3v) is 4.07. The molecule has 16 heavy (non-hydrogen) atoms. The van der Waals surface area contributed by atoms with E-state index in [4.69, 9.17) is 0 Å². The summed E-state index contributed by atoms with van der Waals surface area (Å²) in [6, 6.07) is 1.39. The molecule has 88 valence electrons. The van der Waals surface area contributed by atoms with Crippen molar-refractivity contribution in [3.63, 3.8) is 0 Å². The molecular formula is C11H16N2O2S. The number of aromatic amines is 1. The van der Waals surface area contributed by atoms with Gasteiger partial charge in [0.05, 0.1) is 5.60 Å². The van der Waals surface area contributed by atoms with E-state index < -0.39 is 5.60 Å². The fraction of sp³-hybridized carbons (Fsp3) is 0.636. The van der Waals surface area contributed by atoms with Crippen molar-refractivity contribution in [2.75, 3.05) is 5.75 Å². The summed E-state index contributed by atoms with van der Waals surface area (Å²) in [6.07, 6.45) is 6.61. The fourth-order valence-electron chi connectivity index (χ4n) is 1.98. The maximum atomic E-state index is 11.0. The number of nitrogens with one attached hydrogen (secondary N) is 1. The topological polar surface area (TPSA) is 66.0 Å². The third kappa shape index (κ3) is 3.09. The molecule has 1 aliphatic carbocycles. The van der Waals surface area contributed by atoms with Gasteiger partial charge in [-0.1, -0.05) is 31.0 Å². The van der Waals surface area contributed by atoms with Crippen molar-refractivity contribution in [3.05, 3.63) is 22.6 Å². The predicted molar refractivity (Wildman–Crippen MR) is 63.6 cm³/mol. The van der Waals surface area contributed by atoms with Gasteiger partial charge in [0.1, 0.15) is 0 Å². The molecule has 0 radical (unpaired) electrons. The Labute approximate surface area is 98.5 Å². The van der Waals surface area contributed by atoms with E-state index in [0.29, 0.717) is 10.9 Å². The van der Waals surface area contributed by atoms with Crippen LogP contribution in [0.25, 0.3) is 0 Å². The molecule has 2 rings (SSSR count). The highest BCUT2D eigenvalue weighted by molar-refractivity contribution is 7.99. The van der Waals surface area contributed by atoms with Crippen molar-refractivity contribution in [1.29, 1.82) is 0 Å². The molecule has 0 unspecified atom stereocenters. The zero-order valence-corrected chi connectivity index (χ0v) is 9.92. The lowest BCUT2D eigenvalue weighted by atomic mass is 9.86. The second-order valence-electron chi connectivity index (χ2n) is 4.31. The molecule has 1 aliphatic rings. The van der Waals surface area contributed by atoms with E-state index in [1.807, 2.05) is 0 Å². The summed E-state index contributed by atoms with van der Waals surface area (Å²) in [7, 11) is 0. The number of thioether (sulfide) groups is 1. The van der Waals surface area contributed by atoms with Crippen molar-refractivity contribution < 1.29 is 5.11 Å². The molecule has 0 atom stereocenters. The van der Waals surface area contributed by atoms with Gasteiger partial charge in [-0.15, -0.1) is 0 Å². The molecule has 1 fully saturated rings. The van der Waals surface area contributed by atoms with Gasteiger partial charge in [0.15, 0.2) is 5.16 Å². The van der Waals surface area contributed by atoms with Crippen molar-refractivity contribution in [2.24, 2.45) is 0 Å². The van der Waals surface area contributed by atoms with Gasteiger partial charge in [0.2, 0.25) is 0 Å². The van der Waals surface area contributed by atoms with Gasteiger partial charge in [-0.2, -0.15) is 0 Å². The first-order valence-corrected chi connectivity index (χ1v) is 6.57. The van der Waals surface area contributed by atoms with Crippen LogP contribution < -0.4 is 5.56 Å². The molecule has 5 heteroatoms. The number of hydrogen-bond acceptors (Lipinski definition) is 4. The first-order chi connectivity index (χ1) is 7.68. The number of hydrogen-bond donors (Lipinski definition) is 2. The quantitative estimate of drug-likeness (QED) is 0.621. The molecule has 0 spiro atoms. The van der Waals surface area contributed by atoms with Crippen molar-refractivity contribution in [3.8, 4) is 0 Å². The molecule has 1 saturated carbocycles. The molecule has 0 saturated heterocycles. The zero-order chi connectivity index (χ0) is 11.4. The number of nitrogens with zero attached hydrogens (tertiary/aromatic N) is 1. The van der Waals surface area contributed by atoms with Crippen LogP contribution in [0.1, 0.15) is 32.1 Å². The van der Waals surface area contributed by atoms with E-state index in [9.17, 15) is 9.90 Å². The minimum atomic E-state index is -0.572. The van der Waals surface area contributed by atoms with Gasteiger partial charge < -0.3 is 10.1 Å². The Bertz CT molecular complexity index is 399. The van der Waals surface area contributed by atoms with Gasteiger partial charge in [-0.25, -0.2) is 4.98 Å². The highest BCUT2D eigenvalue weighted by Gasteiger charge is 2.29. The fourth-order valence-corrected chi connectivity index (χ4v) is 2.98. The number of aromatic nitrogens is 2. The summed E-state index contributed by atoms with van der Waals surface area (Å²) in [6.45, 7) is 0. The van der Waals surface area contributed by atoms with E-state index in [0.717, 1.165) is 25.7 Å². The van der Waals surface area contributed by atoms with Gasteiger partial charge in [0, 0.05) is 18.0 Å². The highest BCUT2D eigenvalue weighted by Crippen LogP contribution is 2.32. The molecule has 0 bridgehead atoms. The first kappa shape index (κ1) is 11.7. The molecule has 1 aromatic heterocycles. The van der Waals surface area contributed by atoms with Crippen LogP contribution in [0, 0.1) is 0 Å². The Balaban J connectivity index is 1.93. The smallest absolute Gasteiger partial charge is 0.251 e. The predicted octanol–water partition coefficient (Wildman–Crippen LogP) is 1.56. The van der Waals surface area contributed by atoms with E-state index in [1.54, 1.807) is 0 Å². The molecule has 0 aliphatic heterocycles. The lowest BCUT2D eigenvalue weighted by Crippen LogP contribution is -2.34. The average molecular weight is 240 g/mol. The number of H-pyrrole nitrogens is 1. The summed E-state index contributed by atoms with van der Waals surface area (Å²) in [5.74, 6) is 0.611. The molecule has 4 nitrogen and oxygen atoms in total. The first-order valence-electron chi connectivity index (χ1n) is 5.59. The van der Waals surface area contributed by atoms with Crippen LogP contribution in [-0.4, -0.2) is 26.4 Å². The normalized spacial score (nSPS) is 19.6. The van der Waals surface area contributed by atoms with Crippen molar-refractivity contribution >= 4 is 11.8 Å². The van der Waals surface area contributed by atoms with Gasteiger partial charge in [-0.3, -0.25) is 4.79 Å². The third-order valence-electron chi connectivity index (χ3n) is 2.91. The molecule has 0 aromatic carbocycles. The van der Waals surface area contributed by atoms with Crippen LogP contribution in [0.15, 0.2) is 22.2 Å². The Morgan fingerprint density at radius 2 is 2.19 bits per heavy atom. The summed E-state index contributed by atoms with van der Waals surface area (Å²) >= 11 is 1.42. The Morgan fingerprint density at radius 3 is 2.88 bits per heavy atom. The largest absolute Gasteiger partial charge is 0.389 e. The van der Waals surface area contributed by atoms with E-state index in [-0.39, 0.29) is 5.56 Å². The summed E-state index contributed by atoms with van der Waals surface area (Å²) < 4.78 is 0.